The lowest BCUT2D eigenvalue weighted by Crippen LogP contribution is -2.21. The minimum absolute atomic E-state index is 0.802. The molecule has 0 amide bonds. The van der Waals surface area contributed by atoms with E-state index in [1.165, 1.54) is 25.7 Å². The van der Waals surface area contributed by atoms with E-state index in [2.05, 4.69) is 22.3 Å². The third kappa shape index (κ3) is 2.47. The van der Waals surface area contributed by atoms with E-state index in [1.807, 2.05) is 18.3 Å². The predicted octanol–water partition coefficient (Wildman–Crippen LogP) is 2.97. The van der Waals surface area contributed by atoms with Gasteiger partial charge in [0.15, 0.2) is 5.65 Å². The van der Waals surface area contributed by atoms with Crippen LogP contribution < -0.4 is 5.32 Å². The minimum atomic E-state index is 0.802. The summed E-state index contributed by atoms with van der Waals surface area (Å²) in [5.41, 5.74) is 0.900. The molecule has 1 saturated carbocycles. The standard InChI is InChI=1S/C14H20N4/c1-11-3-2-4-12(9-11)10-15-13-6-8-18-14(17-13)5-7-16-18/h5-8,11-12H,2-4,9-10H2,1H3,(H,15,17). The second-order valence-corrected chi connectivity index (χ2v) is 5.47. The van der Waals surface area contributed by atoms with Gasteiger partial charge in [0.25, 0.3) is 0 Å². The van der Waals surface area contributed by atoms with Gasteiger partial charge in [-0.2, -0.15) is 5.10 Å². The molecule has 0 radical (unpaired) electrons. The zero-order valence-electron chi connectivity index (χ0n) is 10.8. The maximum absolute atomic E-state index is 4.53. The van der Waals surface area contributed by atoms with Gasteiger partial charge < -0.3 is 5.32 Å². The Hall–Kier alpha value is -1.58. The summed E-state index contributed by atoms with van der Waals surface area (Å²) in [6.45, 7) is 3.41. The average Bonchev–Trinajstić information content (AvgIpc) is 2.84. The number of aromatic nitrogens is 3. The van der Waals surface area contributed by atoms with Gasteiger partial charge in [-0.1, -0.05) is 19.8 Å². The lowest BCUT2D eigenvalue weighted by molar-refractivity contribution is 0.293. The average molecular weight is 244 g/mol. The molecule has 1 aliphatic rings. The van der Waals surface area contributed by atoms with Crippen LogP contribution in [-0.2, 0) is 0 Å². The number of rotatable bonds is 3. The molecule has 0 bridgehead atoms. The van der Waals surface area contributed by atoms with Crippen molar-refractivity contribution in [3.63, 3.8) is 0 Å². The maximum Gasteiger partial charge on any atom is 0.157 e. The summed E-state index contributed by atoms with van der Waals surface area (Å²) in [7, 11) is 0. The molecular formula is C14H20N4. The first-order chi connectivity index (χ1) is 8.81. The van der Waals surface area contributed by atoms with Gasteiger partial charge in [0.1, 0.15) is 5.82 Å². The maximum atomic E-state index is 4.53. The third-order valence-electron chi connectivity index (χ3n) is 3.87. The molecule has 18 heavy (non-hydrogen) atoms. The number of hydrogen-bond acceptors (Lipinski definition) is 3. The highest BCUT2D eigenvalue weighted by Gasteiger charge is 2.18. The van der Waals surface area contributed by atoms with Crippen LogP contribution in [0.15, 0.2) is 24.5 Å². The molecule has 2 atom stereocenters. The van der Waals surface area contributed by atoms with Crippen molar-refractivity contribution in [1.29, 1.82) is 0 Å². The Labute approximate surface area is 107 Å². The molecule has 3 rings (SSSR count). The van der Waals surface area contributed by atoms with Crippen molar-refractivity contribution in [1.82, 2.24) is 14.6 Å². The number of nitrogens with one attached hydrogen (secondary N) is 1. The Kier molecular flexibility index (Phi) is 3.17. The molecule has 2 aromatic rings. The Bertz CT molecular complexity index is 519. The fourth-order valence-corrected chi connectivity index (χ4v) is 2.91. The highest BCUT2D eigenvalue weighted by molar-refractivity contribution is 5.45. The second-order valence-electron chi connectivity index (χ2n) is 5.47. The first kappa shape index (κ1) is 11.5. The molecule has 1 aliphatic carbocycles. The first-order valence-corrected chi connectivity index (χ1v) is 6.85. The molecule has 2 heterocycles. The highest BCUT2D eigenvalue weighted by Crippen LogP contribution is 2.28. The number of nitrogens with zero attached hydrogens (tertiary/aromatic N) is 3. The van der Waals surface area contributed by atoms with E-state index >= 15 is 0 Å². The van der Waals surface area contributed by atoms with Gasteiger partial charge in [-0.3, -0.25) is 0 Å². The zero-order valence-corrected chi connectivity index (χ0v) is 10.8. The van der Waals surface area contributed by atoms with Crippen molar-refractivity contribution >= 4 is 11.5 Å². The summed E-state index contributed by atoms with van der Waals surface area (Å²) in [6.07, 6.45) is 9.20. The Morgan fingerprint density at radius 2 is 2.33 bits per heavy atom. The molecule has 0 saturated heterocycles. The molecular weight excluding hydrogens is 224 g/mol. The van der Waals surface area contributed by atoms with Crippen molar-refractivity contribution in [2.24, 2.45) is 11.8 Å². The van der Waals surface area contributed by atoms with Gasteiger partial charge >= 0.3 is 0 Å². The van der Waals surface area contributed by atoms with Crippen LogP contribution in [0.25, 0.3) is 5.65 Å². The van der Waals surface area contributed by atoms with Crippen molar-refractivity contribution in [3.8, 4) is 0 Å². The molecule has 1 N–H and O–H groups in total. The van der Waals surface area contributed by atoms with Gasteiger partial charge in [0.2, 0.25) is 0 Å². The van der Waals surface area contributed by atoms with Crippen LogP contribution in [-0.4, -0.2) is 21.1 Å². The van der Waals surface area contributed by atoms with Gasteiger partial charge in [0, 0.05) is 18.8 Å². The fourth-order valence-electron chi connectivity index (χ4n) is 2.91. The van der Waals surface area contributed by atoms with Crippen LogP contribution in [0.4, 0.5) is 5.82 Å². The van der Waals surface area contributed by atoms with Gasteiger partial charge in [-0.25, -0.2) is 9.50 Å². The summed E-state index contributed by atoms with van der Waals surface area (Å²) < 4.78 is 1.79. The normalized spacial score (nSPS) is 24.3. The zero-order chi connectivity index (χ0) is 12.4. The van der Waals surface area contributed by atoms with Crippen LogP contribution in [0.1, 0.15) is 32.6 Å². The Morgan fingerprint density at radius 3 is 3.22 bits per heavy atom. The van der Waals surface area contributed by atoms with Crippen molar-refractivity contribution < 1.29 is 0 Å². The number of hydrogen-bond donors (Lipinski definition) is 1. The summed E-state index contributed by atoms with van der Waals surface area (Å²) in [6, 6.07) is 3.92. The summed E-state index contributed by atoms with van der Waals surface area (Å²) in [4.78, 5) is 4.53. The minimum Gasteiger partial charge on any atom is -0.370 e. The largest absolute Gasteiger partial charge is 0.370 e. The van der Waals surface area contributed by atoms with E-state index in [-0.39, 0.29) is 0 Å². The van der Waals surface area contributed by atoms with Crippen LogP contribution in [0.3, 0.4) is 0 Å². The highest BCUT2D eigenvalue weighted by atomic mass is 15.2. The van der Waals surface area contributed by atoms with Gasteiger partial charge in [-0.15, -0.1) is 0 Å². The topological polar surface area (TPSA) is 42.2 Å². The van der Waals surface area contributed by atoms with E-state index in [4.69, 9.17) is 0 Å². The molecule has 0 aliphatic heterocycles. The van der Waals surface area contributed by atoms with Crippen LogP contribution in [0.2, 0.25) is 0 Å². The van der Waals surface area contributed by atoms with Crippen LogP contribution in [0, 0.1) is 11.8 Å². The molecule has 2 aromatic heterocycles. The molecule has 2 unspecified atom stereocenters. The summed E-state index contributed by atoms with van der Waals surface area (Å²) in [5.74, 6) is 2.65. The lowest BCUT2D eigenvalue weighted by atomic mass is 9.82. The second kappa shape index (κ2) is 4.96. The molecule has 4 nitrogen and oxygen atoms in total. The van der Waals surface area contributed by atoms with Crippen molar-refractivity contribution in [3.05, 3.63) is 24.5 Å². The predicted molar refractivity (Wildman–Crippen MR) is 72.6 cm³/mol. The fraction of sp³-hybridized carbons (Fsp3) is 0.571. The molecule has 96 valence electrons. The first-order valence-electron chi connectivity index (χ1n) is 6.85. The Morgan fingerprint density at radius 1 is 1.39 bits per heavy atom. The van der Waals surface area contributed by atoms with E-state index in [0.29, 0.717) is 0 Å². The van der Waals surface area contributed by atoms with Crippen LogP contribution >= 0.6 is 0 Å². The van der Waals surface area contributed by atoms with E-state index in [9.17, 15) is 0 Å². The molecule has 0 aromatic carbocycles. The Balaban J connectivity index is 1.61. The van der Waals surface area contributed by atoms with E-state index in [0.717, 1.165) is 29.8 Å². The van der Waals surface area contributed by atoms with Crippen LogP contribution in [0.5, 0.6) is 0 Å². The summed E-state index contributed by atoms with van der Waals surface area (Å²) >= 11 is 0. The molecule has 4 heteroatoms. The monoisotopic (exact) mass is 244 g/mol. The quantitative estimate of drug-likeness (QED) is 0.902. The third-order valence-corrected chi connectivity index (χ3v) is 3.87. The number of anilines is 1. The van der Waals surface area contributed by atoms with E-state index in [1.54, 1.807) is 10.7 Å². The van der Waals surface area contributed by atoms with Gasteiger partial charge in [0.05, 0.1) is 6.20 Å². The van der Waals surface area contributed by atoms with Crippen molar-refractivity contribution in [2.75, 3.05) is 11.9 Å². The molecule has 0 spiro atoms. The summed E-state index contributed by atoms with van der Waals surface area (Å²) in [5, 5.41) is 7.61. The van der Waals surface area contributed by atoms with Gasteiger partial charge in [-0.05, 0) is 30.7 Å². The van der Waals surface area contributed by atoms with Crippen molar-refractivity contribution in [2.45, 2.75) is 32.6 Å². The smallest absolute Gasteiger partial charge is 0.157 e. The SMILES string of the molecule is CC1CCCC(CNc2ccn3nccc3n2)C1. The number of fused-ring (bicyclic) bond motifs is 1. The van der Waals surface area contributed by atoms with E-state index < -0.39 is 0 Å². The lowest BCUT2D eigenvalue weighted by Gasteiger charge is -2.26. The molecule has 1 fully saturated rings.